The number of hydrogen-bond acceptors (Lipinski definition) is 3. The van der Waals surface area contributed by atoms with Crippen LogP contribution in [0.15, 0.2) is 16.5 Å². The largest absolute Gasteiger partial charge is 0.439 e. The number of fused-ring (bicyclic) bond motifs is 1. The number of aromatic nitrogens is 1. The van der Waals surface area contributed by atoms with Crippen molar-refractivity contribution in [3.05, 3.63) is 28.9 Å². The molecule has 0 saturated heterocycles. The van der Waals surface area contributed by atoms with Crippen molar-refractivity contribution in [3.63, 3.8) is 0 Å². The van der Waals surface area contributed by atoms with Crippen molar-refractivity contribution < 1.29 is 8.81 Å². The van der Waals surface area contributed by atoms with Gasteiger partial charge in [0.2, 0.25) is 0 Å². The Balaban J connectivity index is 2.56. The van der Waals surface area contributed by atoms with Crippen LogP contribution in [-0.2, 0) is 0 Å². The maximum Gasteiger partial charge on any atom is 0.199 e. The van der Waals surface area contributed by atoms with Gasteiger partial charge in [-0.05, 0) is 13.0 Å². The minimum absolute atomic E-state index is 0.0356. The van der Waals surface area contributed by atoms with Gasteiger partial charge in [0.25, 0.3) is 0 Å². The van der Waals surface area contributed by atoms with Gasteiger partial charge >= 0.3 is 0 Å². The second-order valence-corrected chi connectivity index (χ2v) is 4.34. The van der Waals surface area contributed by atoms with Crippen molar-refractivity contribution in [2.24, 2.45) is 5.73 Å². The molecule has 0 saturated carbocycles. The van der Waals surface area contributed by atoms with Gasteiger partial charge in [-0.25, -0.2) is 9.37 Å². The van der Waals surface area contributed by atoms with Gasteiger partial charge in [0, 0.05) is 18.0 Å². The minimum Gasteiger partial charge on any atom is -0.439 e. The highest BCUT2D eigenvalue weighted by Crippen LogP contribution is 2.29. The first kappa shape index (κ1) is 11.4. The first-order chi connectivity index (χ1) is 7.49. The molecular weight excluding hydrogens is 231 g/mol. The summed E-state index contributed by atoms with van der Waals surface area (Å²) in [7, 11) is 0. The van der Waals surface area contributed by atoms with Crippen LogP contribution in [0.2, 0.25) is 5.02 Å². The van der Waals surface area contributed by atoms with Crippen molar-refractivity contribution in [2.75, 3.05) is 0 Å². The zero-order valence-electron chi connectivity index (χ0n) is 9.00. The van der Waals surface area contributed by atoms with Gasteiger partial charge in [0.05, 0.1) is 5.02 Å². The standard InChI is InChI=1S/C11H12ClFN2O/c1-5(6(2)14)11-15-9-4-7(13)3-8(12)10(9)16-11/h3-6H,14H2,1-2H3. The van der Waals surface area contributed by atoms with Gasteiger partial charge in [-0.15, -0.1) is 0 Å². The first-order valence-electron chi connectivity index (χ1n) is 5.00. The third-order valence-corrected chi connectivity index (χ3v) is 2.89. The lowest BCUT2D eigenvalue weighted by molar-refractivity contribution is 0.451. The maximum absolute atomic E-state index is 13.1. The summed E-state index contributed by atoms with van der Waals surface area (Å²) < 4.78 is 18.6. The van der Waals surface area contributed by atoms with Gasteiger partial charge in [0.15, 0.2) is 11.5 Å². The van der Waals surface area contributed by atoms with Crippen molar-refractivity contribution in [1.82, 2.24) is 4.98 Å². The number of halogens is 2. The van der Waals surface area contributed by atoms with E-state index in [1.54, 1.807) is 0 Å². The van der Waals surface area contributed by atoms with Crippen LogP contribution in [0.1, 0.15) is 25.7 Å². The molecule has 1 heterocycles. The second-order valence-electron chi connectivity index (χ2n) is 3.94. The van der Waals surface area contributed by atoms with E-state index in [9.17, 15) is 4.39 Å². The Bertz CT molecular complexity index is 524. The third kappa shape index (κ3) is 1.90. The zero-order chi connectivity index (χ0) is 11.9. The van der Waals surface area contributed by atoms with Crippen molar-refractivity contribution in [2.45, 2.75) is 25.8 Å². The lowest BCUT2D eigenvalue weighted by Crippen LogP contribution is -2.22. The molecule has 2 N–H and O–H groups in total. The molecule has 2 unspecified atom stereocenters. The smallest absolute Gasteiger partial charge is 0.199 e. The maximum atomic E-state index is 13.1. The molecule has 3 nitrogen and oxygen atoms in total. The Morgan fingerprint density at radius 1 is 1.44 bits per heavy atom. The van der Waals surface area contributed by atoms with Crippen LogP contribution in [-0.4, -0.2) is 11.0 Å². The number of nitrogens with two attached hydrogens (primary N) is 1. The fraction of sp³-hybridized carbons (Fsp3) is 0.364. The predicted octanol–water partition coefficient (Wildman–Crippen LogP) is 3.07. The first-order valence-corrected chi connectivity index (χ1v) is 5.38. The molecule has 2 atom stereocenters. The summed E-state index contributed by atoms with van der Waals surface area (Å²) in [5.74, 6) is 0.0230. The molecule has 5 heteroatoms. The fourth-order valence-electron chi connectivity index (χ4n) is 1.40. The Morgan fingerprint density at radius 2 is 2.12 bits per heavy atom. The molecule has 0 aliphatic carbocycles. The van der Waals surface area contributed by atoms with Crippen LogP contribution < -0.4 is 5.73 Å². The lowest BCUT2D eigenvalue weighted by atomic mass is 10.1. The van der Waals surface area contributed by atoms with Crippen LogP contribution in [0, 0.1) is 5.82 Å². The van der Waals surface area contributed by atoms with Crippen LogP contribution in [0.4, 0.5) is 4.39 Å². The molecule has 0 bridgehead atoms. The Labute approximate surface area is 97.4 Å². The molecule has 0 amide bonds. The van der Waals surface area contributed by atoms with Crippen LogP contribution in [0.25, 0.3) is 11.1 Å². The molecule has 0 aliphatic heterocycles. The minimum atomic E-state index is -0.425. The molecular formula is C11H12ClFN2O. The fourth-order valence-corrected chi connectivity index (χ4v) is 1.64. The summed E-state index contributed by atoms with van der Waals surface area (Å²) >= 11 is 5.85. The molecule has 2 rings (SSSR count). The van der Waals surface area contributed by atoms with E-state index in [2.05, 4.69) is 4.98 Å². The Kier molecular flexibility index (Phi) is 2.86. The molecule has 86 valence electrons. The highest BCUT2D eigenvalue weighted by Gasteiger charge is 2.18. The monoisotopic (exact) mass is 242 g/mol. The average molecular weight is 243 g/mol. The summed E-state index contributed by atoms with van der Waals surface area (Å²) in [4.78, 5) is 4.18. The summed E-state index contributed by atoms with van der Waals surface area (Å²) in [6.45, 7) is 3.77. The van der Waals surface area contributed by atoms with E-state index < -0.39 is 5.82 Å². The number of oxazole rings is 1. The molecule has 0 radical (unpaired) electrons. The summed E-state index contributed by atoms with van der Waals surface area (Å²) in [5, 5.41) is 0.227. The highest BCUT2D eigenvalue weighted by molar-refractivity contribution is 6.34. The van der Waals surface area contributed by atoms with Crippen LogP contribution in [0.3, 0.4) is 0 Å². The van der Waals surface area contributed by atoms with Gasteiger partial charge < -0.3 is 10.2 Å². The quantitative estimate of drug-likeness (QED) is 0.881. The molecule has 2 aromatic rings. The normalized spacial score (nSPS) is 15.3. The Morgan fingerprint density at radius 3 is 2.75 bits per heavy atom. The summed E-state index contributed by atoms with van der Waals surface area (Å²) in [5.41, 5.74) is 6.58. The highest BCUT2D eigenvalue weighted by atomic mass is 35.5. The predicted molar refractivity (Wildman–Crippen MR) is 61.0 cm³/mol. The molecule has 0 spiro atoms. The van der Waals surface area contributed by atoms with E-state index in [-0.39, 0.29) is 17.0 Å². The van der Waals surface area contributed by atoms with E-state index in [1.165, 1.54) is 12.1 Å². The van der Waals surface area contributed by atoms with Gasteiger partial charge in [-0.3, -0.25) is 0 Å². The van der Waals surface area contributed by atoms with Gasteiger partial charge in [-0.2, -0.15) is 0 Å². The topological polar surface area (TPSA) is 52.0 Å². The van der Waals surface area contributed by atoms with Crippen molar-refractivity contribution in [1.29, 1.82) is 0 Å². The van der Waals surface area contributed by atoms with E-state index in [4.69, 9.17) is 21.8 Å². The number of benzene rings is 1. The van der Waals surface area contributed by atoms with E-state index in [1.807, 2.05) is 13.8 Å². The molecule has 0 fully saturated rings. The molecule has 1 aromatic carbocycles. The van der Waals surface area contributed by atoms with Crippen molar-refractivity contribution in [3.8, 4) is 0 Å². The lowest BCUT2D eigenvalue weighted by Gasteiger charge is -2.10. The zero-order valence-corrected chi connectivity index (χ0v) is 9.75. The molecule has 16 heavy (non-hydrogen) atoms. The van der Waals surface area contributed by atoms with E-state index >= 15 is 0 Å². The van der Waals surface area contributed by atoms with E-state index in [0.29, 0.717) is 17.0 Å². The Hall–Kier alpha value is -1.13. The SMILES string of the molecule is CC(N)C(C)c1nc2cc(F)cc(Cl)c2o1. The molecule has 0 aliphatic rings. The van der Waals surface area contributed by atoms with Gasteiger partial charge in [0.1, 0.15) is 11.3 Å². The molecule has 1 aromatic heterocycles. The van der Waals surface area contributed by atoms with Crippen LogP contribution in [0.5, 0.6) is 0 Å². The second kappa shape index (κ2) is 4.03. The number of nitrogens with zero attached hydrogens (tertiary/aromatic N) is 1. The van der Waals surface area contributed by atoms with Gasteiger partial charge in [-0.1, -0.05) is 18.5 Å². The summed E-state index contributed by atoms with van der Waals surface area (Å²) in [6, 6.07) is 2.41. The summed E-state index contributed by atoms with van der Waals surface area (Å²) in [6.07, 6.45) is 0. The van der Waals surface area contributed by atoms with Crippen molar-refractivity contribution >= 4 is 22.7 Å². The average Bonchev–Trinajstić information content (AvgIpc) is 2.60. The third-order valence-electron chi connectivity index (χ3n) is 2.60. The number of rotatable bonds is 2. The van der Waals surface area contributed by atoms with Crippen LogP contribution >= 0.6 is 11.6 Å². The van der Waals surface area contributed by atoms with E-state index in [0.717, 1.165) is 0 Å². The number of hydrogen-bond donors (Lipinski definition) is 1.